The molecule has 0 aliphatic heterocycles. The summed E-state index contributed by atoms with van der Waals surface area (Å²) in [5.74, 6) is -0.0919. The van der Waals surface area contributed by atoms with Crippen LogP contribution in [0.1, 0.15) is 35.6 Å². The van der Waals surface area contributed by atoms with Crippen LogP contribution in [0.15, 0.2) is 48.5 Å². The standard InChI is InChI=1S/C17H18ClNO2S/c18-16-10-4-2-7-14(16)12-22(20,21)19-17-11-5-8-13-6-1-3-9-15(13)17/h1-4,6-7,9-10,17,19H,5,8,11-12H2/t17-/m1/s1. The predicted molar refractivity (Wildman–Crippen MR) is 89.3 cm³/mol. The molecule has 1 aliphatic carbocycles. The van der Waals surface area contributed by atoms with Crippen molar-refractivity contribution in [3.05, 3.63) is 70.2 Å². The largest absolute Gasteiger partial charge is 0.216 e. The number of nitrogens with one attached hydrogen (secondary N) is 1. The summed E-state index contributed by atoms with van der Waals surface area (Å²) in [5.41, 5.74) is 2.96. The summed E-state index contributed by atoms with van der Waals surface area (Å²) in [4.78, 5) is 0. The van der Waals surface area contributed by atoms with Gasteiger partial charge in [-0.15, -0.1) is 0 Å². The molecule has 0 heterocycles. The lowest BCUT2D eigenvalue weighted by molar-refractivity contribution is 0.507. The van der Waals surface area contributed by atoms with Gasteiger partial charge in [0, 0.05) is 11.1 Å². The Morgan fingerprint density at radius 1 is 1.09 bits per heavy atom. The van der Waals surface area contributed by atoms with Crippen molar-refractivity contribution in [3.63, 3.8) is 0 Å². The summed E-state index contributed by atoms with van der Waals surface area (Å²) in [5, 5.41) is 0.483. The lowest BCUT2D eigenvalue weighted by Gasteiger charge is -2.26. The molecule has 1 aliphatic rings. The van der Waals surface area contributed by atoms with Crippen LogP contribution < -0.4 is 4.72 Å². The van der Waals surface area contributed by atoms with Gasteiger partial charge in [0.1, 0.15) is 0 Å². The maximum atomic E-state index is 12.5. The van der Waals surface area contributed by atoms with Crippen LogP contribution in [0.4, 0.5) is 0 Å². The maximum Gasteiger partial charge on any atom is 0.216 e. The minimum atomic E-state index is -3.43. The molecule has 2 aromatic carbocycles. The zero-order valence-electron chi connectivity index (χ0n) is 12.1. The van der Waals surface area contributed by atoms with Crippen LogP contribution in [-0.4, -0.2) is 8.42 Å². The first-order chi connectivity index (χ1) is 10.6. The molecular weight excluding hydrogens is 318 g/mol. The van der Waals surface area contributed by atoms with E-state index in [1.807, 2.05) is 18.2 Å². The molecule has 0 fully saturated rings. The Hall–Kier alpha value is -1.36. The van der Waals surface area contributed by atoms with Crippen LogP contribution in [0, 0.1) is 0 Å². The van der Waals surface area contributed by atoms with Crippen LogP contribution in [0.2, 0.25) is 5.02 Å². The number of halogens is 1. The van der Waals surface area contributed by atoms with Gasteiger partial charge in [0.25, 0.3) is 0 Å². The molecule has 116 valence electrons. The number of benzene rings is 2. The van der Waals surface area contributed by atoms with Gasteiger partial charge in [0.05, 0.1) is 5.75 Å². The second kappa shape index (κ2) is 6.41. The van der Waals surface area contributed by atoms with E-state index in [2.05, 4.69) is 10.8 Å². The molecule has 5 heteroatoms. The molecule has 0 bridgehead atoms. The highest BCUT2D eigenvalue weighted by molar-refractivity contribution is 7.88. The summed E-state index contributed by atoms with van der Waals surface area (Å²) in [7, 11) is -3.43. The SMILES string of the molecule is O=S(=O)(Cc1ccccc1Cl)N[C@@H]1CCCc2ccccc21. The molecule has 3 nitrogen and oxygen atoms in total. The minimum Gasteiger partial charge on any atom is -0.212 e. The summed E-state index contributed by atoms with van der Waals surface area (Å²) in [6.45, 7) is 0. The van der Waals surface area contributed by atoms with Crippen molar-refractivity contribution in [3.8, 4) is 0 Å². The van der Waals surface area contributed by atoms with E-state index in [4.69, 9.17) is 11.6 Å². The van der Waals surface area contributed by atoms with E-state index in [0.29, 0.717) is 10.6 Å². The maximum absolute atomic E-state index is 12.5. The number of fused-ring (bicyclic) bond motifs is 1. The fourth-order valence-electron chi connectivity index (χ4n) is 2.95. The van der Waals surface area contributed by atoms with Gasteiger partial charge in [-0.25, -0.2) is 13.1 Å². The van der Waals surface area contributed by atoms with E-state index in [1.54, 1.807) is 24.3 Å². The summed E-state index contributed by atoms with van der Waals surface area (Å²) < 4.78 is 27.8. The molecule has 0 aromatic heterocycles. The molecule has 2 aromatic rings. The normalized spacial score (nSPS) is 18.0. The van der Waals surface area contributed by atoms with Crippen molar-refractivity contribution < 1.29 is 8.42 Å². The number of rotatable bonds is 4. The zero-order chi connectivity index (χ0) is 15.6. The van der Waals surface area contributed by atoms with E-state index in [1.165, 1.54) is 5.56 Å². The summed E-state index contributed by atoms with van der Waals surface area (Å²) in [6.07, 6.45) is 2.84. The predicted octanol–water partition coefficient (Wildman–Crippen LogP) is 3.84. The molecule has 0 spiro atoms. The van der Waals surface area contributed by atoms with Crippen molar-refractivity contribution in [1.82, 2.24) is 4.72 Å². The van der Waals surface area contributed by atoms with Crippen molar-refractivity contribution in [2.45, 2.75) is 31.1 Å². The quantitative estimate of drug-likeness (QED) is 0.922. The van der Waals surface area contributed by atoms with Crippen molar-refractivity contribution in [1.29, 1.82) is 0 Å². The number of sulfonamides is 1. The third-order valence-corrected chi connectivity index (χ3v) is 5.70. The molecule has 3 rings (SSSR count). The first-order valence-corrected chi connectivity index (χ1v) is 9.39. The highest BCUT2D eigenvalue weighted by Gasteiger charge is 2.24. The Morgan fingerprint density at radius 3 is 2.64 bits per heavy atom. The third kappa shape index (κ3) is 3.51. The average molecular weight is 336 g/mol. The van der Waals surface area contributed by atoms with E-state index >= 15 is 0 Å². The Labute approximate surface area is 136 Å². The third-order valence-electron chi connectivity index (χ3n) is 3.99. The molecule has 0 saturated heterocycles. The Kier molecular flexibility index (Phi) is 4.52. The molecule has 22 heavy (non-hydrogen) atoms. The van der Waals surface area contributed by atoms with E-state index < -0.39 is 10.0 Å². The lowest BCUT2D eigenvalue weighted by atomic mass is 9.88. The van der Waals surface area contributed by atoms with Crippen molar-refractivity contribution in [2.24, 2.45) is 0 Å². The fraction of sp³-hybridized carbons (Fsp3) is 0.294. The number of hydrogen-bond acceptors (Lipinski definition) is 2. The highest BCUT2D eigenvalue weighted by atomic mass is 35.5. The Balaban J connectivity index is 1.80. The van der Waals surface area contributed by atoms with Gasteiger partial charge in [-0.05, 0) is 42.0 Å². The van der Waals surface area contributed by atoms with Gasteiger partial charge >= 0.3 is 0 Å². The lowest BCUT2D eigenvalue weighted by Crippen LogP contribution is -2.32. The van der Waals surface area contributed by atoms with Crippen LogP contribution in [-0.2, 0) is 22.2 Å². The molecule has 0 saturated carbocycles. The van der Waals surface area contributed by atoms with Gasteiger partial charge < -0.3 is 0 Å². The van der Waals surface area contributed by atoms with Crippen LogP contribution >= 0.6 is 11.6 Å². The minimum absolute atomic E-state index is 0.0919. The topological polar surface area (TPSA) is 46.2 Å². The number of aryl methyl sites for hydroxylation is 1. The van der Waals surface area contributed by atoms with Crippen molar-refractivity contribution >= 4 is 21.6 Å². The van der Waals surface area contributed by atoms with Crippen LogP contribution in [0.5, 0.6) is 0 Å². The van der Waals surface area contributed by atoms with E-state index in [9.17, 15) is 8.42 Å². The van der Waals surface area contributed by atoms with Crippen LogP contribution in [0.25, 0.3) is 0 Å². The number of hydrogen-bond donors (Lipinski definition) is 1. The smallest absolute Gasteiger partial charge is 0.212 e. The summed E-state index contributed by atoms with van der Waals surface area (Å²) >= 11 is 6.06. The van der Waals surface area contributed by atoms with E-state index in [-0.39, 0.29) is 11.8 Å². The van der Waals surface area contributed by atoms with Crippen molar-refractivity contribution in [2.75, 3.05) is 0 Å². The molecule has 1 atom stereocenters. The highest BCUT2D eigenvalue weighted by Crippen LogP contribution is 2.30. The molecule has 1 N–H and O–H groups in total. The molecular formula is C17H18ClNO2S. The molecule has 0 unspecified atom stereocenters. The van der Waals surface area contributed by atoms with Gasteiger partial charge in [-0.3, -0.25) is 0 Å². The Bertz CT molecular complexity index is 774. The molecule has 0 amide bonds. The van der Waals surface area contributed by atoms with Gasteiger partial charge in [-0.2, -0.15) is 0 Å². The van der Waals surface area contributed by atoms with Gasteiger partial charge in [0.15, 0.2) is 0 Å². The monoisotopic (exact) mass is 335 g/mol. The van der Waals surface area contributed by atoms with Gasteiger partial charge in [0.2, 0.25) is 10.0 Å². The summed E-state index contributed by atoms with van der Waals surface area (Å²) in [6, 6.07) is 15.0. The fourth-order valence-corrected chi connectivity index (χ4v) is 4.66. The first-order valence-electron chi connectivity index (χ1n) is 7.36. The Morgan fingerprint density at radius 2 is 1.82 bits per heavy atom. The van der Waals surface area contributed by atoms with Crippen LogP contribution in [0.3, 0.4) is 0 Å². The first kappa shape index (κ1) is 15.5. The average Bonchev–Trinajstić information content (AvgIpc) is 2.49. The second-order valence-electron chi connectivity index (χ2n) is 5.61. The second-order valence-corrected chi connectivity index (χ2v) is 7.77. The van der Waals surface area contributed by atoms with Gasteiger partial charge in [-0.1, -0.05) is 54.1 Å². The zero-order valence-corrected chi connectivity index (χ0v) is 13.7. The van der Waals surface area contributed by atoms with E-state index in [0.717, 1.165) is 24.8 Å². The molecule has 0 radical (unpaired) electrons.